The number of benzene rings is 1. The van der Waals surface area contributed by atoms with Gasteiger partial charge in [0.25, 0.3) is 11.8 Å². The Morgan fingerprint density at radius 3 is 2.85 bits per heavy atom. The number of nitrogens with zero attached hydrogens (tertiary/aromatic N) is 3. The molecule has 0 unspecified atom stereocenters. The van der Waals surface area contributed by atoms with Gasteiger partial charge < -0.3 is 18.9 Å². The van der Waals surface area contributed by atoms with Crippen LogP contribution in [-0.4, -0.2) is 47.8 Å². The van der Waals surface area contributed by atoms with Crippen LogP contribution in [0.25, 0.3) is 0 Å². The molecule has 1 amide bonds. The van der Waals surface area contributed by atoms with Crippen molar-refractivity contribution in [3.8, 4) is 5.75 Å². The summed E-state index contributed by atoms with van der Waals surface area (Å²) in [7, 11) is 1.68. The number of hydrogen-bond acceptors (Lipinski definition) is 6. The average Bonchev–Trinajstić information content (AvgIpc) is 3.25. The third kappa shape index (κ3) is 2.90. The normalized spacial score (nSPS) is 21.0. The number of carbonyl (C=O) groups excluding carboxylic acids is 1. The maximum absolute atomic E-state index is 12.9. The molecule has 142 valence electrons. The second kappa shape index (κ2) is 6.34. The number of aromatic nitrogens is 2. The Kier molecular flexibility index (Phi) is 3.93. The van der Waals surface area contributed by atoms with E-state index in [1.807, 2.05) is 23.1 Å². The van der Waals surface area contributed by atoms with Crippen LogP contribution in [0.5, 0.6) is 5.75 Å². The fourth-order valence-electron chi connectivity index (χ4n) is 4.01. The van der Waals surface area contributed by atoms with Gasteiger partial charge in [0, 0.05) is 50.9 Å². The number of likely N-dealkylation sites (tertiary alicyclic amines) is 1. The van der Waals surface area contributed by atoms with Crippen molar-refractivity contribution < 1.29 is 18.8 Å². The van der Waals surface area contributed by atoms with Gasteiger partial charge in [-0.3, -0.25) is 4.79 Å². The van der Waals surface area contributed by atoms with Crippen LogP contribution in [0.2, 0.25) is 0 Å². The second-order valence-corrected chi connectivity index (χ2v) is 7.64. The van der Waals surface area contributed by atoms with Gasteiger partial charge in [-0.05, 0) is 36.6 Å². The molecular weight excluding hydrogens is 346 g/mol. The summed E-state index contributed by atoms with van der Waals surface area (Å²) in [6.45, 7) is 1.89. The predicted molar refractivity (Wildman–Crippen MR) is 95.7 cm³/mol. The molecule has 1 aliphatic carbocycles. The molecule has 1 aromatic heterocycles. The Hall–Kier alpha value is -2.41. The summed E-state index contributed by atoms with van der Waals surface area (Å²) in [6, 6.07) is 5.71. The van der Waals surface area contributed by atoms with E-state index in [9.17, 15) is 4.79 Å². The summed E-state index contributed by atoms with van der Waals surface area (Å²) in [5.41, 5.74) is 1.24. The molecule has 3 heterocycles. The molecule has 1 saturated heterocycles. The Bertz CT molecular complexity index is 866. The molecule has 5 rings (SSSR count). The summed E-state index contributed by atoms with van der Waals surface area (Å²) in [5, 5.41) is 4.12. The van der Waals surface area contributed by atoms with Crippen LogP contribution in [-0.2, 0) is 16.8 Å². The van der Waals surface area contributed by atoms with E-state index >= 15 is 0 Å². The van der Waals surface area contributed by atoms with Gasteiger partial charge in [0.1, 0.15) is 11.4 Å². The minimum atomic E-state index is -0.595. The predicted octanol–water partition coefficient (Wildman–Crippen LogP) is 2.66. The van der Waals surface area contributed by atoms with Gasteiger partial charge in [0.15, 0.2) is 5.82 Å². The van der Waals surface area contributed by atoms with Crippen molar-refractivity contribution in [1.29, 1.82) is 0 Å². The Morgan fingerprint density at radius 1 is 1.30 bits per heavy atom. The second-order valence-electron chi connectivity index (χ2n) is 7.64. The van der Waals surface area contributed by atoms with Gasteiger partial charge in [0.05, 0.1) is 6.61 Å². The average molecular weight is 369 g/mol. The smallest absolute Gasteiger partial charge is 0.259 e. The lowest BCUT2D eigenvalue weighted by molar-refractivity contribution is -0.0779. The van der Waals surface area contributed by atoms with Crippen molar-refractivity contribution in [2.75, 3.05) is 26.8 Å². The molecule has 3 aliphatic rings. The van der Waals surface area contributed by atoms with Crippen LogP contribution in [0.4, 0.5) is 0 Å². The van der Waals surface area contributed by atoms with Crippen molar-refractivity contribution in [1.82, 2.24) is 15.0 Å². The highest BCUT2D eigenvalue weighted by Crippen LogP contribution is 2.41. The van der Waals surface area contributed by atoms with E-state index in [2.05, 4.69) is 10.1 Å². The number of piperidine rings is 1. The first-order valence-corrected chi connectivity index (χ1v) is 9.63. The van der Waals surface area contributed by atoms with Crippen molar-refractivity contribution in [3.63, 3.8) is 0 Å². The topological polar surface area (TPSA) is 77.7 Å². The number of ether oxygens (including phenoxy) is 2. The largest absolute Gasteiger partial charge is 0.493 e. The highest BCUT2D eigenvalue weighted by molar-refractivity contribution is 5.94. The fraction of sp³-hybridized carbons (Fsp3) is 0.550. The number of carbonyl (C=O) groups is 1. The van der Waals surface area contributed by atoms with Crippen LogP contribution < -0.4 is 4.74 Å². The van der Waals surface area contributed by atoms with Gasteiger partial charge in [-0.1, -0.05) is 5.16 Å². The van der Waals surface area contributed by atoms with Crippen LogP contribution in [0.3, 0.4) is 0 Å². The molecule has 0 bridgehead atoms. The zero-order valence-electron chi connectivity index (χ0n) is 15.4. The standard InChI is InChI=1S/C20H23N3O4/c1-25-20(19-21-17(22-27-19)13-2-3-13)7-9-23(10-8-20)18(24)15-4-5-16-14(12-15)6-11-26-16/h4-5,12-13H,2-3,6-11H2,1H3. The lowest BCUT2D eigenvalue weighted by atomic mass is 9.90. The minimum absolute atomic E-state index is 0.0543. The molecule has 0 atom stereocenters. The van der Waals surface area contributed by atoms with Gasteiger partial charge in [0.2, 0.25) is 0 Å². The first kappa shape index (κ1) is 16.7. The van der Waals surface area contributed by atoms with Gasteiger partial charge in [-0.2, -0.15) is 4.98 Å². The number of rotatable bonds is 4. The zero-order chi connectivity index (χ0) is 18.4. The van der Waals surface area contributed by atoms with E-state index in [1.165, 1.54) is 0 Å². The molecule has 7 nitrogen and oxygen atoms in total. The van der Waals surface area contributed by atoms with E-state index in [-0.39, 0.29) is 5.91 Å². The maximum Gasteiger partial charge on any atom is 0.259 e. The fourth-order valence-corrected chi connectivity index (χ4v) is 4.01. The quantitative estimate of drug-likeness (QED) is 0.825. The maximum atomic E-state index is 12.9. The molecule has 1 saturated carbocycles. The highest BCUT2D eigenvalue weighted by atomic mass is 16.5. The Morgan fingerprint density at radius 2 is 2.11 bits per heavy atom. The first-order valence-electron chi connectivity index (χ1n) is 9.63. The van der Waals surface area contributed by atoms with E-state index < -0.39 is 5.60 Å². The van der Waals surface area contributed by atoms with Crippen LogP contribution in [0.1, 0.15) is 59.2 Å². The van der Waals surface area contributed by atoms with Gasteiger partial charge >= 0.3 is 0 Å². The Labute approximate surface area is 157 Å². The molecule has 2 aromatic rings. The SMILES string of the molecule is COC1(c2nc(C3CC3)no2)CCN(C(=O)c2ccc3c(c2)CCO3)CC1. The first-order chi connectivity index (χ1) is 13.2. The summed E-state index contributed by atoms with van der Waals surface area (Å²) < 4.78 is 16.9. The summed E-state index contributed by atoms with van der Waals surface area (Å²) in [6.07, 6.45) is 4.43. The van der Waals surface area contributed by atoms with Crippen LogP contribution in [0, 0.1) is 0 Å². The lowest BCUT2D eigenvalue weighted by Crippen LogP contribution is -2.46. The molecule has 7 heteroatoms. The van der Waals surface area contributed by atoms with E-state index in [0.29, 0.717) is 44.3 Å². The lowest BCUT2D eigenvalue weighted by Gasteiger charge is -2.38. The van der Waals surface area contributed by atoms with Crippen LogP contribution >= 0.6 is 0 Å². The third-order valence-electron chi connectivity index (χ3n) is 5.96. The molecule has 0 N–H and O–H groups in total. The monoisotopic (exact) mass is 369 g/mol. The molecule has 0 spiro atoms. The Balaban J connectivity index is 1.30. The van der Waals surface area contributed by atoms with Gasteiger partial charge in [-0.25, -0.2) is 0 Å². The van der Waals surface area contributed by atoms with E-state index in [4.69, 9.17) is 14.0 Å². The number of fused-ring (bicyclic) bond motifs is 1. The van der Waals surface area contributed by atoms with Crippen molar-refractivity contribution in [2.24, 2.45) is 0 Å². The number of hydrogen-bond donors (Lipinski definition) is 0. The number of amides is 1. The molecule has 2 fully saturated rings. The van der Waals surface area contributed by atoms with Crippen molar-refractivity contribution in [2.45, 2.75) is 43.6 Å². The molecule has 0 radical (unpaired) electrons. The minimum Gasteiger partial charge on any atom is -0.493 e. The molecular formula is C20H23N3O4. The van der Waals surface area contributed by atoms with E-state index in [1.54, 1.807) is 7.11 Å². The summed E-state index contributed by atoms with van der Waals surface area (Å²) in [5.74, 6) is 2.74. The third-order valence-corrected chi connectivity index (χ3v) is 5.96. The van der Waals surface area contributed by atoms with Crippen molar-refractivity contribution in [3.05, 3.63) is 41.0 Å². The van der Waals surface area contributed by atoms with Gasteiger partial charge in [-0.15, -0.1) is 0 Å². The highest BCUT2D eigenvalue weighted by Gasteiger charge is 2.43. The summed E-state index contributed by atoms with van der Waals surface area (Å²) >= 11 is 0. The molecule has 2 aliphatic heterocycles. The molecule has 27 heavy (non-hydrogen) atoms. The van der Waals surface area contributed by atoms with E-state index in [0.717, 1.165) is 42.0 Å². The van der Waals surface area contributed by atoms with Crippen LogP contribution in [0.15, 0.2) is 22.7 Å². The summed E-state index contributed by atoms with van der Waals surface area (Å²) in [4.78, 5) is 19.4. The zero-order valence-corrected chi connectivity index (χ0v) is 15.4. The van der Waals surface area contributed by atoms with Crippen molar-refractivity contribution >= 4 is 5.91 Å². The number of methoxy groups -OCH3 is 1. The molecule has 1 aromatic carbocycles.